The van der Waals surface area contributed by atoms with E-state index in [1.54, 1.807) is 0 Å². The average molecular weight is 524 g/mol. The maximum absolute atomic E-state index is 13.4. The second-order valence-corrected chi connectivity index (χ2v) is 7.72. The highest BCUT2D eigenvalue weighted by Crippen LogP contribution is 2.38. The van der Waals surface area contributed by atoms with Gasteiger partial charge < -0.3 is 9.47 Å². The highest BCUT2D eigenvalue weighted by atomic mass is 32.2. The monoisotopic (exact) mass is 524 g/mol. The van der Waals surface area contributed by atoms with E-state index in [9.17, 15) is 61.9 Å². The minimum atomic E-state index is -6.71. The van der Waals surface area contributed by atoms with Crippen LogP contribution in [0.1, 0.15) is 27.6 Å². The van der Waals surface area contributed by atoms with Crippen molar-refractivity contribution in [3.05, 3.63) is 35.4 Å². The Hall–Kier alpha value is -2.63. The number of alkyl halides is 10. The smallest absolute Gasteiger partial charge is 0.432 e. The first-order chi connectivity index (χ1) is 14.5. The fraction of sp³-hybridized carbons (Fsp3) is 0.467. The van der Waals surface area contributed by atoms with Crippen LogP contribution in [0.15, 0.2) is 24.3 Å². The van der Waals surface area contributed by atoms with Gasteiger partial charge in [-0.05, 0) is 24.3 Å². The van der Waals surface area contributed by atoms with Crippen molar-refractivity contribution in [2.24, 2.45) is 0 Å². The predicted octanol–water partition coefficient (Wildman–Crippen LogP) is 4.00. The molecule has 1 aromatic rings. The van der Waals surface area contributed by atoms with E-state index >= 15 is 0 Å². The predicted molar refractivity (Wildman–Crippen MR) is 84.1 cm³/mol. The van der Waals surface area contributed by atoms with Gasteiger partial charge in [0.05, 0.1) is 11.1 Å². The van der Waals surface area contributed by atoms with Gasteiger partial charge in [0.2, 0.25) is 0 Å². The summed E-state index contributed by atoms with van der Waals surface area (Å²) in [6.07, 6.45) is -20.4. The largest absolute Gasteiger partial charge is 0.443 e. The van der Waals surface area contributed by atoms with Crippen molar-refractivity contribution in [3.63, 3.8) is 0 Å². The second-order valence-electron chi connectivity index (χ2n) is 6.22. The molecule has 2 unspecified atom stereocenters. The van der Waals surface area contributed by atoms with Crippen molar-refractivity contribution in [3.8, 4) is 0 Å². The van der Waals surface area contributed by atoms with Crippen molar-refractivity contribution >= 4 is 22.1 Å². The lowest BCUT2D eigenvalue weighted by atomic mass is 10.1. The van der Waals surface area contributed by atoms with Crippen LogP contribution >= 0.6 is 0 Å². The van der Waals surface area contributed by atoms with Gasteiger partial charge in [-0.2, -0.15) is 43.5 Å². The number of carbonyl (C=O) groups is 2. The molecule has 0 bridgehead atoms. The lowest BCUT2D eigenvalue weighted by Gasteiger charge is -2.26. The maximum atomic E-state index is 13.4. The summed E-state index contributed by atoms with van der Waals surface area (Å²) in [6, 6.07) is 1.49. The molecule has 0 aliphatic carbocycles. The van der Waals surface area contributed by atoms with Crippen LogP contribution in [0.4, 0.5) is 43.9 Å². The normalized spacial score (nSPS) is 15.5. The van der Waals surface area contributed by atoms with E-state index in [4.69, 9.17) is 4.55 Å². The summed E-state index contributed by atoms with van der Waals surface area (Å²) in [5.41, 5.74) is -1.97. The van der Waals surface area contributed by atoms with Gasteiger partial charge in [-0.1, -0.05) is 0 Å². The molecule has 0 heterocycles. The topological polar surface area (TPSA) is 107 Å². The van der Waals surface area contributed by atoms with E-state index in [1.807, 2.05) is 0 Å². The third kappa shape index (κ3) is 6.92. The van der Waals surface area contributed by atoms with E-state index in [0.717, 1.165) is 0 Å². The Morgan fingerprint density at radius 1 is 0.758 bits per heavy atom. The zero-order chi connectivity index (χ0) is 26.2. The maximum Gasteiger partial charge on any atom is 0.432 e. The van der Waals surface area contributed by atoms with E-state index in [-0.39, 0.29) is 6.92 Å². The van der Waals surface area contributed by atoms with E-state index in [2.05, 4.69) is 9.47 Å². The van der Waals surface area contributed by atoms with Gasteiger partial charge in [0, 0.05) is 6.92 Å². The summed E-state index contributed by atoms with van der Waals surface area (Å²) in [6.45, 7) is -0.197. The van der Waals surface area contributed by atoms with Crippen molar-refractivity contribution in [1.29, 1.82) is 0 Å². The molecule has 0 amide bonds. The SMILES string of the molecule is CC(F)(F)C(OC(=O)c1ccc(C(=O)OC(C(F)(F)F)C(F)(F)S(=O)(=O)O)cc1)C(F)(F)F. The minimum absolute atomic E-state index is 0.197. The number of hydrogen-bond acceptors (Lipinski definition) is 6. The van der Waals surface area contributed by atoms with E-state index < -0.39 is 68.9 Å². The summed E-state index contributed by atoms with van der Waals surface area (Å²) >= 11 is 0. The van der Waals surface area contributed by atoms with Gasteiger partial charge >= 0.3 is 39.7 Å². The fourth-order valence-electron chi connectivity index (χ4n) is 2.01. The molecule has 1 aromatic carbocycles. The summed E-state index contributed by atoms with van der Waals surface area (Å²) in [5.74, 6) is -8.82. The van der Waals surface area contributed by atoms with Crippen LogP contribution in [0.5, 0.6) is 0 Å². The third-order valence-electron chi connectivity index (χ3n) is 3.51. The lowest BCUT2D eigenvalue weighted by Crippen LogP contribution is -2.52. The molecule has 0 radical (unpaired) electrons. The van der Waals surface area contributed by atoms with Gasteiger partial charge in [-0.3, -0.25) is 4.55 Å². The molecule has 33 heavy (non-hydrogen) atoms. The van der Waals surface area contributed by atoms with Crippen LogP contribution in [-0.2, 0) is 19.6 Å². The Morgan fingerprint density at radius 2 is 1.06 bits per heavy atom. The Bertz CT molecular complexity index is 964. The van der Waals surface area contributed by atoms with Crippen LogP contribution in [0, 0.1) is 0 Å². The van der Waals surface area contributed by atoms with Crippen molar-refractivity contribution in [2.75, 3.05) is 0 Å². The number of halogens is 10. The quantitative estimate of drug-likeness (QED) is 0.327. The molecule has 0 aliphatic rings. The van der Waals surface area contributed by atoms with E-state index in [0.29, 0.717) is 24.3 Å². The number of rotatable bonds is 7. The van der Waals surface area contributed by atoms with Gasteiger partial charge in [-0.25, -0.2) is 18.4 Å². The number of ether oxygens (including phenoxy) is 2. The molecule has 0 saturated carbocycles. The Labute approximate surface area is 177 Å². The van der Waals surface area contributed by atoms with Crippen LogP contribution < -0.4 is 0 Å². The summed E-state index contributed by atoms with van der Waals surface area (Å²) < 4.78 is 166. The molecule has 0 fully saturated rings. The zero-order valence-electron chi connectivity index (χ0n) is 15.5. The molecule has 1 N–H and O–H groups in total. The number of benzene rings is 1. The van der Waals surface area contributed by atoms with Crippen LogP contribution in [0.3, 0.4) is 0 Å². The third-order valence-corrected chi connectivity index (χ3v) is 4.41. The Balaban J connectivity index is 3.13. The highest BCUT2D eigenvalue weighted by molar-refractivity contribution is 7.86. The van der Waals surface area contributed by atoms with Gasteiger partial charge in [-0.15, -0.1) is 0 Å². The first-order valence-electron chi connectivity index (χ1n) is 7.87. The zero-order valence-corrected chi connectivity index (χ0v) is 16.4. The van der Waals surface area contributed by atoms with Gasteiger partial charge in [0.15, 0.2) is 0 Å². The van der Waals surface area contributed by atoms with Gasteiger partial charge in [0.25, 0.3) is 18.1 Å². The standard InChI is InChI=1S/C15H10F10O7S/c1-12(16,17)10(13(18,19)20)31-8(26)6-2-4-7(5-3-6)9(27)32-11(14(21,22)23)15(24,25)33(28,29)30/h2-5,10-11H,1H3,(H,28,29,30). The summed E-state index contributed by atoms with van der Waals surface area (Å²) in [4.78, 5) is 23.4. The fourth-order valence-corrected chi connectivity index (χ4v) is 2.46. The first kappa shape index (κ1) is 28.4. The summed E-state index contributed by atoms with van der Waals surface area (Å²) in [5, 5.41) is -6.03. The highest BCUT2D eigenvalue weighted by Gasteiger charge is 2.66. The molecule has 0 aromatic heterocycles. The van der Waals surface area contributed by atoms with Gasteiger partial charge in [0.1, 0.15) is 0 Å². The van der Waals surface area contributed by atoms with Crippen molar-refractivity contribution in [2.45, 2.75) is 42.7 Å². The van der Waals surface area contributed by atoms with Crippen molar-refractivity contribution in [1.82, 2.24) is 0 Å². The first-order valence-corrected chi connectivity index (χ1v) is 9.31. The molecule has 188 valence electrons. The second kappa shape index (κ2) is 8.96. The molecule has 0 aliphatic heterocycles. The van der Waals surface area contributed by atoms with Crippen LogP contribution in [-0.4, -0.2) is 60.6 Å². The van der Waals surface area contributed by atoms with Crippen LogP contribution in [0.25, 0.3) is 0 Å². The summed E-state index contributed by atoms with van der Waals surface area (Å²) in [7, 11) is -6.71. The average Bonchev–Trinajstić information content (AvgIpc) is 2.59. The molecule has 0 saturated heterocycles. The molecular weight excluding hydrogens is 514 g/mol. The Morgan fingerprint density at radius 3 is 1.30 bits per heavy atom. The Kier molecular flexibility index (Phi) is 7.71. The minimum Gasteiger partial charge on any atom is -0.443 e. The molecule has 2 atom stereocenters. The molecular formula is C15H10F10O7S. The number of hydrogen-bond donors (Lipinski definition) is 1. The molecule has 7 nitrogen and oxygen atoms in total. The number of carbonyl (C=O) groups excluding carboxylic acids is 2. The lowest BCUT2D eigenvalue weighted by molar-refractivity contribution is -0.263. The molecule has 18 heteroatoms. The molecule has 1 rings (SSSR count). The van der Waals surface area contributed by atoms with Crippen LogP contribution in [0.2, 0.25) is 0 Å². The number of esters is 2. The molecule has 0 spiro atoms. The van der Waals surface area contributed by atoms with Crippen molar-refractivity contribution < 1.29 is 75.9 Å². The van der Waals surface area contributed by atoms with E-state index in [1.165, 1.54) is 0 Å².